The lowest BCUT2D eigenvalue weighted by Crippen LogP contribution is -2.28. The van der Waals surface area contributed by atoms with Crippen LogP contribution in [0.15, 0.2) is 48.5 Å². The van der Waals surface area contributed by atoms with Crippen molar-refractivity contribution in [1.29, 1.82) is 0 Å². The molecule has 0 bridgehead atoms. The first-order valence-corrected chi connectivity index (χ1v) is 10.0. The molecule has 3 aromatic rings. The number of ketones is 1. The number of carbonyl (C=O) groups is 3. The molecule has 0 saturated carbocycles. The molecule has 1 heterocycles. The van der Waals surface area contributed by atoms with E-state index >= 15 is 0 Å². The number of imide groups is 1. The summed E-state index contributed by atoms with van der Waals surface area (Å²) in [5, 5.41) is 17.5. The van der Waals surface area contributed by atoms with Gasteiger partial charge in [0.15, 0.2) is 5.78 Å². The second-order valence-electron chi connectivity index (χ2n) is 7.87. The smallest absolute Gasteiger partial charge is 0.261 e. The molecule has 5 N–H and O–H groups in total. The fraction of sp³-hybridized carbons (Fsp3) is 0.208. The number of benzene rings is 3. The van der Waals surface area contributed by atoms with Crippen molar-refractivity contribution in [3.63, 3.8) is 0 Å². The Morgan fingerprint density at radius 3 is 2.48 bits per heavy atom. The Hall–Kier alpha value is -3.71. The Kier molecular flexibility index (Phi) is 5.20. The number of hydrogen-bond acceptors (Lipinski definition) is 6. The van der Waals surface area contributed by atoms with E-state index < -0.39 is 24.0 Å². The van der Waals surface area contributed by atoms with Crippen molar-refractivity contribution >= 4 is 39.7 Å². The van der Waals surface area contributed by atoms with Crippen LogP contribution >= 0.6 is 0 Å². The number of carbonyl (C=O) groups excluding carboxylic acids is 3. The minimum absolute atomic E-state index is 0.0583. The molecule has 2 atom stereocenters. The molecule has 1 unspecified atom stereocenters. The molecule has 0 spiro atoms. The van der Waals surface area contributed by atoms with Crippen molar-refractivity contribution in [2.45, 2.75) is 32.4 Å². The molecule has 158 valence electrons. The number of Topliss-reactive ketones (excluding diaryl/α,β-unsaturated/α-hetero) is 1. The number of fused-ring (bicyclic) bond motifs is 2. The van der Waals surface area contributed by atoms with Crippen molar-refractivity contribution in [2.75, 3.05) is 11.1 Å². The summed E-state index contributed by atoms with van der Waals surface area (Å²) >= 11 is 0. The summed E-state index contributed by atoms with van der Waals surface area (Å²) in [5.74, 6) is -1.46. The largest absolute Gasteiger partial charge is 0.398 e. The van der Waals surface area contributed by atoms with Gasteiger partial charge in [0.2, 0.25) is 0 Å². The molecule has 0 aromatic heterocycles. The van der Waals surface area contributed by atoms with E-state index in [1.807, 2.05) is 42.5 Å². The molecule has 7 heteroatoms. The van der Waals surface area contributed by atoms with Crippen LogP contribution in [0.3, 0.4) is 0 Å². The van der Waals surface area contributed by atoms with Crippen molar-refractivity contribution in [3.05, 3.63) is 70.8 Å². The maximum atomic E-state index is 13.3. The van der Waals surface area contributed by atoms with Crippen LogP contribution in [0.4, 0.5) is 11.4 Å². The first-order chi connectivity index (χ1) is 14.8. The normalized spacial score (nSPS) is 14.8. The highest BCUT2D eigenvalue weighted by atomic mass is 16.3. The topological polar surface area (TPSA) is 122 Å². The standard InChI is InChI=1S/C24H23N3O4/c1-12(28)9-17-18(11-19-20(21(17)25)24(31)27-23(19)30)22(29)13(2)26-16-8-7-14-5-3-4-6-15(14)10-16/h3-8,10-13,26,28H,9,25H2,1-2H3,(H,27,30,31)/t12?,13-/m0/s1. The Morgan fingerprint density at radius 2 is 1.77 bits per heavy atom. The van der Waals surface area contributed by atoms with Gasteiger partial charge < -0.3 is 16.2 Å². The van der Waals surface area contributed by atoms with Crippen LogP contribution in [-0.4, -0.2) is 34.8 Å². The van der Waals surface area contributed by atoms with Gasteiger partial charge in [0.1, 0.15) is 0 Å². The molecular formula is C24H23N3O4. The van der Waals surface area contributed by atoms with Gasteiger partial charge in [0.05, 0.1) is 23.3 Å². The third-order valence-corrected chi connectivity index (χ3v) is 5.47. The molecule has 0 aliphatic carbocycles. The van der Waals surface area contributed by atoms with Gasteiger partial charge in [-0.3, -0.25) is 19.7 Å². The van der Waals surface area contributed by atoms with Gasteiger partial charge in [0, 0.05) is 23.4 Å². The molecule has 31 heavy (non-hydrogen) atoms. The van der Waals surface area contributed by atoms with Crippen LogP contribution in [0.2, 0.25) is 0 Å². The number of nitrogens with one attached hydrogen (secondary N) is 2. The second-order valence-corrected chi connectivity index (χ2v) is 7.87. The molecule has 1 aliphatic heterocycles. The molecule has 0 saturated heterocycles. The lowest BCUT2D eigenvalue weighted by Gasteiger charge is -2.20. The molecule has 7 nitrogen and oxygen atoms in total. The monoisotopic (exact) mass is 417 g/mol. The highest BCUT2D eigenvalue weighted by Crippen LogP contribution is 2.31. The Balaban J connectivity index is 1.70. The van der Waals surface area contributed by atoms with Crippen LogP contribution in [0, 0.1) is 0 Å². The van der Waals surface area contributed by atoms with Gasteiger partial charge in [-0.1, -0.05) is 30.3 Å². The third-order valence-electron chi connectivity index (χ3n) is 5.47. The van der Waals surface area contributed by atoms with Gasteiger partial charge in [-0.2, -0.15) is 0 Å². The lowest BCUT2D eigenvalue weighted by atomic mass is 9.89. The van der Waals surface area contributed by atoms with E-state index in [9.17, 15) is 19.5 Å². The first-order valence-electron chi connectivity index (χ1n) is 10.0. The summed E-state index contributed by atoms with van der Waals surface area (Å²) < 4.78 is 0. The SMILES string of the molecule is CC(O)Cc1c(C(=O)[C@H](C)Nc2ccc3ccccc3c2)cc2c(c1N)C(=O)NC2=O. The van der Waals surface area contributed by atoms with E-state index in [0.29, 0.717) is 5.56 Å². The summed E-state index contributed by atoms with van der Waals surface area (Å²) in [6, 6.07) is 14.5. The highest BCUT2D eigenvalue weighted by molar-refractivity contribution is 6.25. The van der Waals surface area contributed by atoms with Gasteiger partial charge >= 0.3 is 0 Å². The quantitative estimate of drug-likeness (QED) is 0.278. The lowest BCUT2D eigenvalue weighted by molar-refractivity contribution is 0.0879. The average Bonchev–Trinajstić information content (AvgIpc) is 3.02. The van der Waals surface area contributed by atoms with Crippen molar-refractivity contribution in [3.8, 4) is 0 Å². The molecule has 4 rings (SSSR count). The van der Waals surface area contributed by atoms with E-state index in [2.05, 4.69) is 10.6 Å². The first kappa shape index (κ1) is 20.6. The molecule has 2 amide bonds. The van der Waals surface area contributed by atoms with Gasteiger partial charge in [-0.05, 0) is 48.4 Å². The molecule has 1 aliphatic rings. The Morgan fingerprint density at radius 1 is 1.06 bits per heavy atom. The summed E-state index contributed by atoms with van der Waals surface area (Å²) in [5.41, 5.74) is 7.77. The fourth-order valence-electron chi connectivity index (χ4n) is 3.96. The molecular weight excluding hydrogens is 394 g/mol. The summed E-state index contributed by atoms with van der Waals surface area (Å²) in [6.45, 7) is 3.29. The Labute approximate surface area is 179 Å². The maximum Gasteiger partial charge on any atom is 0.261 e. The molecule has 0 radical (unpaired) electrons. The van der Waals surface area contributed by atoms with Crippen LogP contribution in [0.1, 0.15) is 50.5 Å². The number of anilines is 2. The number of nitrogen functional groups attached to an aromatic ring is 1. The predicted molar refractivity (Wildman–Crippen MR) is 119 cm³/mol. The number of amides is 2. The van der Waals surface area contributed by atoms with E-state index in [-0.39, 0.29) is 34.6 Å². The third kappa shape index (κ3) is 3.75. The molecule has 0 fully saturated rings. The van der Waals surface area contributed by atoms with Crippen LogP contribution in [0.25, 0.3) is 10.8 Å². The number of aliphatic hydroxyl groups is 1. The maximum absolute atomic E-state index is 13.3. The second kappa shape index (κ2) is 7.85. The van der Waals surface area contributed by atoms with Crippen LogP contribution in [0.5, 0.6) is 0 Å². The zero-order valence-corrected chi connectivity index (χ0v) is 17.2. The van der Waals surface area contributed by atoms with Crippen molar-refractivity contribution in [1.82, 2.24) is 5.32 Å². The van der Waals surface area contributed by atoms with Crippen molar-refractivity contribution < 1.29 is 19.5 Å². The van der Waals surface area contributed by atoms with Gasteiger partial charge in [0.25, 0.3) is 11.8 Å². The zero-order valence-electron chi connectivity index (χ0n) is 17.2. The zero-order chi connectivity index (χ0) is 22.3. The van der Waals surface area contributed by atoms with Crippen molar-refractivity contribution in [2.24, 2.45) is 0 Å². The fourth-order valence-corrected chi connectivity index (χ4v) is 3.96. The number of hydrogen-bond donors (Lipinski definition) is 4. The average molecular weight is 417 g/mol. The van der Waals surface area contributed by atoms with Gasteiger partial charge in [-0.15, -0.1) is 0 Å². The predicted octanol–water partition coefficient (Wildman–Crippen LogP) is 2.91. The summed E-state index contributed by atoms with van der Waals surface area (Å²) in [4.78, 5) is 37.6. The van der Waals surface area contributed by atoms with E-state index in [0.717, 1.165) is 16.5 Å². The summed E-state index contributed by atoms with van der Waals surface area (Å²) in [6.07, 6.45) is -0.694. The number of aliphatic hydroxyl groups excluding tert-OH is 1. The van der Waals surface area contributed by atoms with Crippen LogP contribution in [-0.2, 0) is 6.42 Å². The minimum atomic E-state index is -0.782. The number of rotatable bonds is 6. The highest BCUT2D eigenvalue weighted by Gasteiger charge is 2.34. The Bertz CT molecular complexity index is 1230. The van der Waals surface area contributed by atoms with E-state index in [1.165, 1.54) is 6.07 Å². The van der Waals surface area contributed by atoms with Gasteiger partial charge in [-0.25, -0.2) is 0 Å². The van der Waals surface area contributed by atoms with E-state index in [1.54, 1.807) is 13.8 Å². The molecule has 3 aromatic carbocycles. The minimum Gasteiger partial charge on any atom is -0.398 e. The van der Waals surface area contributed by atoms with Crippen LogP contribution < -0.4 is 16.4 Å². The van der Waals surface area contributed by atoms with E-state index in [4.69, 9.17) is 5.73 Å². The summed E-state index contributed by atoms with van der Waals surface area (Å²) in [7, 11) is 0. The number of nitrogens with two attached hydrogens (primary N) is 1.